The molecule has 0 spiro atoms. The fraction of sp³-hybridized carbons (Fsp3) is 0.273. The lowest BCUT2D eigenvalue weighted by atomic mass is 10.2. The summed E-state index contributed by atoms with van der Waals surface area (Å²) in [6, 6.07) is 7.38. The first-order chi connectivity index (χ1) is 8.24. The Morgan fingerprint density at radius 1 is 1.12 bits per heavy atom. The maximum atomic E-state index is 9.21. The van der Waals surface area contributed by atoms with E-state index in [-0.39, 0.29) is 13.2 Å². The van der Waals surface area contributed by atoms with Gasteiger partial charge in [-0.15, -0.1) is 5.10 Å². The van der Waals surface area contributed by atoms with Crippen molar-refractivity contribution in [3.05, 3.63) is 41.2 Å². The number of aliphatic hydroxyl groups excluding tert-OH is 2. The summed E-state index contributed by atoms with van der Waals surface area (Å²) in [5.74, 6) is 0. The summed E-state index contributed by atoms with van der Waals surface area (Å²) in [5, 5.41) is 25.9. The van der Waals surface area contributed by atoms with Gasteiger partial charge in [0, 0.05) is 5.69 Å². The lowest BCUT2D eigenvalue weighted by Gasteiger charge is -2.05. The second-order valence-electron chi connectivity index (χ2n) is 3.70. The molecule has 17 heavy (non-hydrogen) atoms. The standard InChI is InChI=1S/C11H14N4O2/c12-9-3-1-8(2-4-9)5-15-11(7-17)10(6-16)13-14-15/h1-4,16-17H,5-7,12H2. The van der Waals surface area contributed by atoms with E-state index in [1.54, 1.807) is 16.8 Å². The molecule has 2 rings (SSSR count). The predicted octanol–water partition coefficient (Wildman–Crippen LogP) is -0.107. The van der Waals surface area contributed by atoms with Gasteiger partial charge in [-0.1, -0.05) is 17.3 Å². The van der Waals surface area contributed by atoms with E-state index in [1.807, 2.05) is 12.1 Å². The Bertz CT molecular complexity index is 493. The Labute approximate surface area is 98.3 Å². The summed E-state index contributed by atoms with van der Waals surface area (Å²) in [4.78, 5) is 0. The summed E-state index contributed by atoms with van der Waals surface area (Å²) >= 11 is 0. The van der Waals surface area contributed by atoms with Crippen LogP contribution in [0.4, 0.5) is 5.69 Å². The van der Waals surface area contributed by atoms with Crippen LogP contribution in [0.1, 0.15) is 17.0 Å². The number of aliphatic hydroxyl groups is 2. The molecule has 1 aromatic carbocycles. The van der Waals surface area contributed by atoms with E-state index < -0.39 is 0 Å². The Morgan fingerprint density at radius 2 is 1.82 bits per heavy atom. The van der Waals surface area contributed by atoms with Crippen molar-refractivity contribution in [3.63, 3.8) is 0 Å². The van der Waals surface area contributed by atoms with Crippen LogP contribution in [-0.2, 0) is 19.8 Å². The molecule has 0 aliphatic carbocycles. The van der Waals surface area contributed by atoms with E-state index in [0.29, 0.717) is 23.6 Å². The lowest BCUT2D eigenvalue weighted by Crippen LogP contribution is -2.07. The summed E-state index contributed by atoms with van der Waals surface area (Å²) in [6.07, 6.45) is 0. The van der Waals surface area contributed by atoms with Gasteiger partial charge in [0.1, 0.15) is 5.69 Å². The number of nitrogen functional groups attached to an aromatic ring is 1. The molecular formula is C11H14N4O2. The number of aromatic nitrogens is 3. The van der Waals surface area contributed by atoms with Crippen LogP contribution in [0, 0.1) is 0 Å². The third-order valence-electron chi connectivity index (χ3n) is 2.53. The van der Waals surface area contributed by atoms with Gasteiger partial charge < -0.3 is 15.9 Å². The number of hydrogen-bond donors (Lipinski definition) is 3. The van der Waals surface area contributed by atoms with Gasteiger partial charge in [0.15, 0.2) is 0 Å². The van der Waals surface area contributed by atoms with Gasteiger partial charge in [-0.25, -0.2) is 4.68 Å². The highest BCUT2D eigenvalue weighted by atomic mass is 16.3. The molecule has 0 saturated carbocycles. The molecule has 6 heteroatoms. The Balaban J connectivity index is 2.23. The fourth-order valence-electron chi connectivity index (χ4n) is 1.59. The van der Waals surface area contributed by atoms with Gasteiger partial charge in [-0.3, -0.25) is 0 Å². The van der Waals surface area contributed by atoms with E-state index in [2.05, 4.69) is 10.3 Å². The monoisotopic (exact) mass is 234 g/mol. The summed E-state index contributed by atoms with van der Waals surface area (Å²) < 4.78 is 1.57. The van der Waals surface area contributed by atoms with Crippen LogP contribution in [0.25, 0.3) is 0 Å². The zero-order valence-electron chi connectivity index (χ0n) is 9.24. The number of rotatable bonds is 4. The van der Waals surface area contributed by atoms with E-state index in [0.717, 1.165) is 5.56 Å². The molecular weight excluding hydrogens is 220 g/mol. The predicted molar refractivity (Wildman–Crippen MR) is 61.8 cm³/mol. The minimum Gasteiger partial charge on any atom is -0.399 e. The quantitative estimate of drug-likeness (QED) is 0.641. The molecule has 0 amide bonds. The molecule has 0 fully saturated rings. The Kier molecular flexibility index (Phi) is 3.36. The van der Waals surface area contributed by atoms with Crippen LogP contribution in [0.5, 0.6) is 0 Å². The van der Waals surface area contributed by atoms with E-state index in [9.17, 15) is 5.11 Å². The van der Waals surface area contributed by atoms with Crippen molar-refractivity contribution in [2.45, 2.75) is 19.8 Å². The number of hydrogen-bond acceptors (Lipinski definition) is 5. The highest BCUT2D eigenvalue weighted by Gasteiger charge is 2.10. The van der Waals surface area contributed by atoms with Gasteiger partial charge in [-0.05, 0) is 17.7 Å². The van der Waals surface area contributed by atoms with Gasteiger partial charge >= 0.3 is 0 Å². The number of nitrogens with zero attached hydrogens (tertiary/aromatic N) is 3. The number of anilines is 1. The normalized spacial score (nSPS) is 10.7. The minimum atomic E-state index is -0.225. The van der Waals surface area contributed by atoms with E-state index in [4.69, 9.17) is 10.8 Å². The average Bonchev–Trinajstić information content (AvgIpc) is 2.74. The first kappa shape index (κ1) is 11.6. The van der Waals surface area contributed by atoms with Crippen LogP contribution in [0.15, 0.2) is 24.3 Å². The highest BCUT2D eigenvalue weighted by molar-refractivity contribution is 5.39. The van der Waals surface area contributed by atoms with Crippen LogP contribution in [-0.4, -0.2) is 25.2 Å². The maximum Gasteiger partial charge on any atom is 0.114 e. The van der Waals surface area contributed by atoms with Gasteiger partial charge in [0.2, 0.25) is 0 Å². The fourth-order valence-corrected chi connectivity index (χ4v) is 1.59. The molecule has 4 N–H and O–H groups in total. The first-order valence-corrected chi connectivity index (χ1v) is 5.22. The maximum absolute atomic E-state index is 9.21. The van der Waals surface area contributed by atoms with Crippen molar-refractivity contribution in [1.29, 1.82) is 0 Å². The lowest BCUT2D eigenvalue weighted by molar-refractivity contribution is 0.250. The van der Waals surface area contributed by atoms with Crippen molar-refractivity contribution in [3.8, 4) is 0 Å². The van der Waals surface area contributed by atoms with Crippen molar-refractivity contribution in [1.82, 2.24) is 15.0 Å². The SMILES string of the molecule is Nc1ccc(Cn2nnc(CO)c2CO)cc1. The summed E-state index contributed by atoms with van der Waals surface area (Å²) in [7, 11) is 0. The molecule has 0 unspecified atom stereocenters. The number of benzene rings is 1. The number of nitrogens with two attached hydrogens (primary N) is 1. The second kappa shape index (κ2) is 4.94. The zero-order valence-corrected chi connectivity index (χ0v) is 9.24. The van der Waals surface area contributed by atoms with Crippen LogP contribution >= 0.6 is 0 Å². The molecule has 0 atom stereocenters. The van der Waals surface area contributed by atoms with Crippen molar-refractivity contribution in [2.24, 2.45) is 0 Å². The molecule has 6 nitrogen and oxygen atoms in total. The third kappa shape index (κ3) is 2.43. The van der Waals surface area contributed by atoms with Crippen LogP contribution in [0.2, 0.25) is 0 Å². The molecule has 2 aromatic rings. The molecule has 0 aliphatic heterocycles. The topological polar surface area (TPSA) is 97.2 Å². The highest BCUT2D eigenvalue weighted by Crippen LogP contribution is 2.10. The molecule has 1 aromatic heterocycles. The first-order valence-electron chi connectivity index (χ1n) is 5.22. The second-order valence-corrected chi connectivity index (χ2v) is 3.70. The van der Waals surface area contributed by atoms with Crippen molar-refractivity contribution < 1.29 is 10.2 Å². The van der Waals surface area contributed by atoms with Gasteiger partial charge in [0.25, 0.3) is 0 Å². The molecule has 1 heterocycles. The molecule has 0 aliphatic rings. The minimum absolute atomic E-state index is 0.197. The zero-order chi connectivity index (χ0) is 12.3. The van der Waals surface area contributed by atoms with Crippen molar-refractivity contribution >= 4 is 5.69 Å². The molecule has 0 bridgehead atoms. The van der Waals surface area contributed by atoms with Crippen molar-refractivity contribution in [2.75, 3.05) is 5.73 Å². The van der Waals surface area contributed by atoms with E-state index >= 15 is 0 Å². The Morgan fingerprint density at radius 3 is 2.41 bits per heavy atom. The van der Waals surface area contributed by atoms with Gasteiger partial charge in [-0.2, -0.15) is 0 Å². The smallest absolute Gasteiger partial charge is 0.114 e. The summed E-state index contributed by atoms with van der Waals surface area (Å²) in [6.45, 7) is 0.0681. The van der Waals surface area contributed by atoms with Crippen LogP contribution < -0.4 is 5.73 Å². The third-order valence-corrected chi connectivity index (χ3v) is 2.53. The largest absolute Gasteiger partial charge is 0.399 e. The Hall–Kier alpha value is -1.92. The molecule has 0 radical (unpaired) electrons. The molecule has 0 saturated heterocycles. The molecule has 90 valence electrons. The van der Waals surface area contributed by atoms with Crippen LogP contribution in [0.3, 0.4) is 0 Å². The van der Waals surface area contributed by atoms with Gasteiger partial charge in [0.05, 0.1) is 25.5 Å². The van der Waals surface area contributed by atoms with E-state index in [1.165, 1.54) is 0 Å². The average molecular weight is 234 g/mol. The summed E-state index contributed by atoms with van der Waals surface area (Å²) in [5.41, 5.74) is 8.23.